The van der Waals surface area contributed by atoms with Crippen LogP contribution < -0.4 is 0 Å². The van der Waals surface area contributed by atoms with Gasteiger partial charge in [-0.05, 0) is 60.3 Å². The van der Waals surface area contributed by atoms with E-state index in [-0.39, 0.29) is 25.3 Å². The van der Waals surface area contributed by atoms with E-state index in [1.807, 2.05) is 75.4 Å². The third kappa shape index (κ3) is 4.72. The SMILES string of the molecule is COC(=O)[C@@]1(Cc2c(Br)n(C(=O)OC(C)(C)C)c3ccccc23)CCC(=O)N1Cc1ccccc1. The first-order valence-corrected chi connectivity index (χ1v) is 12.3. The molecule has 0 unspecified atom stereocenters. The van der Waals surface area contributed by atoms with E-state index in [4.69, 9.17) is 9.47 Å². The highest BCUT2D eigenvalue weighted by Crippen LogP contribution is 2.41. The van der Waals surface area contributed by atoms with Crippen LogP contribution in [0.5, 0.6) is 0 Å². The lowest BCUT2D eigenvalue weighted by atomic mass is 9.87. The van der Waals surface area contributed by atoms with Gasteiger partial charge in [-0.1, -0.05) is 48.5 Å². The fourth-order valence-electron chi connectivity index (χ4n) is 4.71. The van der Waals surface area contributed by atoms with Gasteiger partial charge in [0.15, 0.2) is 0 Å². The number of likely N-dealkylation sites (tertiary alicyclic amines) is 1. The molecule has 1 aromatic heterocycles. The van der Waals surface area contributed by atoms with Crippen LogP contribution in [0.25, 0.3) is 10.9 Å². The van der Waals surface area contributed by atoms with Crippen molar-refractivity contribution < 1.29 is 23.9 Å². The molecule has 0 spiro atoms. The molecule has 0 saturated carbocycles. The maximum atomic E-state index is 13.3. The number of hydrogen-bond donors (Lipinski definition) is 0. The van der Waals surface area contributed by atoms with E-state index in [9.17, 15) is 14.4 Å². The highest BCUT2D eigenvalue weighted by Gasteiger charge is 2.52. The molecule has 2 aromatic carbocycles. The number of carbonyl (C=O) groups is 3. The first-order valence-electron chi connectivity index (χ1n) is 11.5. The van der Waals surface area contributed by atoms with Gasteiger partial charge in [-0.15, -0.1) is 0 Å². The summed E-state index contributed by atoms with van der Waals surface area (Å²) in [5, 5.41) is 0.799. The third-order valence-corrected chi connectivity index (χ3v) is 7.11. The van der Waals surface area contributed by atoms with Crippen molar-refractivity contribution in [1.29, 1.82) is 0 Å². The molecule has 1 saturated heterocycles. The quantitative estimate of drug-likeness (QED) is 0.401. The van der Waals surface area contributed by atoms with Crippen LogP contribution >= 0.6 is 15.9 Å². The van der Waals surface area contributed by atoms with Crippen LogP contribution in [0.15, 0.2) is 59.2 Å². The molecule has 3 aromatic rings. The molecule has 1 aliphatic rings. The van der Waals surface area contributed by atoms with Crippen molar-refractivity contribution in [2.45, 2.75) is 57.7 Å². The standard InChI is InChI=1S/C27H29BrN2O5/c1-26(2,3)35-25(33)30-21-13-9-8-12-19(21)20(23(30)28)16-27(24(32)34-4)15-14-22(31)29(27)17-18-10-6-5-7-11-18/h5-13H,14-17H2,1-4H3/t27-/m0/s1. The topological polar surface area (TPSA) is 77.8 Å². The Kier molecular flexibility index (Phi) is 6.77. The lowest BCUT2D eigenvalue weighted by molar-refractivity contribution is -0.158. The number of carbonyl (C=O) groups excluding carboxylic acids is 3. The number of halogens is 1. The van der Waals surface area contributed by atoms with Crippen molar-refractivity contribution in [1.82, 2.24) is 9.47 Å². The highest BCUT2D eigenvalue weighted by atomic mass is 79.9. The Balaban J connectivity index is 1.83. The summed E-state index contributed by atoms with van der Waals surface area (Å²) in [5.41, 5.74) is 0.436. The van der Waals surface area contributed by atoms with Crippen LogP contribution in [0.2, 0.25) is 0 Å². The molecule has 0 radical (unpaired) electrons. The van der Waals surface area contributed by atoms with E-state index in [2.05, 4.69) is 15.9 Å². The normalized spacial score (nSPS) is 18.2. The molecule has 184 valence electrons. The van der Waals surface area contributed by atoms with Gasteiger partial charge in [-0.25, -0.2) is 14.2 Å². The van der Waals surface area contributed by atoms with Crippen molar-refractivity contribution in [2.75, 3.05) is 7.11 Å². The lowest BCUT2D eigenvalue weighted by Gasteiger charge is -2.36. The minimum absolute atomic E-state index is 0.105. The Morgan fingerprint density at radius 2 is 1.71 bits per heavy atom. The van der Waals surface area contributed by atoms with Crippen molar-refractivity contribution in [3.05, 3.63) is 70.3 Å². The first kappa shape index (κ1) is 25.0. The molecule has 2 heterocycles. The van der Waals surface area contributed by atoms with Crippen LogP contribution in [0.3, 0.4) is 0 Å². The molecular weight excluding hydrogens is 512 g/mol. The van der Waals surface area contributed by atoms with Gasteiger partial charge in [0.1, 0.15) is 11.1 Å². The van der Waals surface area contributed by atoms with Gasteiger partial charge in [0.2, 0.25) is 5.91 Å². The molecule has 8 heteroatoms. The molecule has 0 aliphatic carbocycles. The smallest absolute Gasteiger partial charge is 0.419 e. The summed E-state index contributed by atoms with van der Waals surface area (Å²) in [4.78, 5) is 41.1. The number of ether oxygens (including phenoxy) is 2. The molecule has 1 atom stereocenters. The van der Waals surface area contributed by atoms with Crippen LogP contribution in [0.1, 0.15) is 44.7 Å². The van der Waals surface area contributed by atoms with E-state index < -0.39 is 23.2 Å². The largest absolute Gasteiger partial charge is 0.467 e. The van der Waals surface area contributed by atoms with Gasteiger partial charge in [0, 0.05) is 24.8 Å². The molecule has 7 nitrogen and oxygen atoms in total. The van der Waals surface area contributed by atoms with E-state index in [1.165, 1.54) is 11.7 Å². The monoisotopic (exact) mass is 540 g/mol. The van der Waals surface area contributed by atoms with E-state index in [1.54, 1.807) is 4.90 Å². The number of nitrogens with zero attached hydrogens (tertiary/aromatic N) is 2. The third-order valence-electron chi connectivity index (χ3n) is 6.28. The van der Waals surface area contributed by atoms with Gasteiger partial charge in [-0.2, -0.15) is 0 Å². The zero-order chi connectivity index (χ0) is 25.4. The summed E-state index contributed by atoms with van der Waals surface area (Å²) in [6.07, 6.45) is 0.228. The van der Waals surface area contributed by atoms with Crippen LogP contribution in [0, 0.1) is 0 Å². The van der Waals surface area contributed by atoms with Gasteiger partial charge in [-0.3, -0.25) is 4.79 Å². The Labute approximate surface area is 213 Å². The Hall–Kier alpha value is -3.13. The zero-order valence-electron chi connectivity index (χ0n) is 20.3. The molecule has 35 heavy (non-hydrogen) atoms. The van der Waals surface area contributed by atoms with E-state index >= 15 is 0 Å². The van der Waals surface area contributed by atoms with Gasteiger partial charge in [0.05, 0.1) is 17.2 Å². The molecule has 1 aliphatic heterocycles. The minimum Gasteiger partial charge on any atom is -0.467 e. The predicted molar refractivity (Wildman–Crippen MR) is 136 cm³/mol. The highest BCUT2D eigenvalue weighted by molar-refractivity contribution is 9.10. The molecule has 0 N–H and O–H groups in total. The molecule has 1 fully saturated rings. The van der Waals surface area contributed by atoms with Gasteiger partial charge in [0.25, 0.3) is 0 Å². The number of benzene rings is 2. The number of rotatable bonds is 5. The lowest BCUT2D eigenvalue weighted by Crippen LogP contribution is -2.53. The number of para-hydroxylation sites is 1. The Morgan fingerprint density at radius 1 is 1.06 bits per heavy atom. The number of hydrogen-bond acceptors (Lipinski definition) is 5. The average Bonchev–Trinajstić information content (AvgIpc) is 3.28. The molecule has 1 amide bonds. The van der Waals surface area contributed by atoms with Crippen LogP contribution in [-0.4, -0.2) is 45.7 Å². The average molecular weight is 541 g/mol. The number of esters is 1. The maximum absolute atomic E-state index is 13.3. The Bertz CT molecular complexity index is 1280. The van der Waals surface area contributed by atoms with Gasteiger partial charge >= 0.3 is 12.1 Å². The molecule has 0 bridgehead atoms. The number of methoxy groups -OCH3 is 1. The number of fused-ring (bicyclic) bond motifs is 1. The molecular formula is C27H29BrN2O5. The number of amides is 1. The summed E-state index contributed by atoms with van der Waals surface area (Å²) in [7, 11) is 1.34. The molecule has 4 rings (SSSR count). The second kappa shape index (κ2) is 9.49. The van der Waals surface area contributed by atoms with Crippen molar-refractivity contribution in [3.63, 3.8) is 0 Å². The van der Waals surface area contributed by atoms with Crippen molar-refractivity contribution >= 4 is 44.8 Å². The second-order valence-corrected chi connectivity index (χ2v) is 10.5. The summed E-state index contributed by atoms with van der Waals surface area (Å²) < 4.78 is 12.9. The first-order chi connectivity index (χ1) is 16.6. The van der Waals surface area contributed by atoms with Crippen LogP contribution in [-0.2, 0) is 32.0 Å². The predicted octanol–water partition coefficient (Wildman–Crippen LogP) is 5.46. The maximum Gasteiger partial charge on any atom is 0.419 e. The van der Waals surface area contributed by atoms with Crippen molar-refractivity contribution in [3.8, 4) is 0 Å². The summed E-state index contributed by atoms with van der Waals surface area (Å²) >= 11 is 3.61. The summed E-state index contributed by atoms with van der Waals surface area (Å²) in [6.45, 7) is 5.72. The Morgan fingerprint density at radius 3 is 2.37 bits per heavy atom. The summed E-state index contributed by atoms with van der Waals surface area (Å²) in [6, 6.07) is 17.0. The van der Waals surface area contributed by atoms with Crippen molar-refractivity contribution in [2.24, 2.45) is 0 Å². The van der Waals surface area contributed by atoms with E-state index in [0.29, 0.717) is 16.5 Å². The van der Waals surface area contributed by atoms with E-state index in [0.717, 1.165) is 16.5 Å². The fraction of sp³-hybridized carbons (Fsp3) is 0.370. The fourth-order valence-corrected chi connectivity index (χ4v) is 5.40. The van der Waals surface area contributed by atoms with Gasteiger partial charge < -0.3 is 14.4 Å². The summed E-state index contributed by atoms with van der Waals surface area (Å²) in [5.74, 6) is -0.577. The van der Waals surface area contributed by atoms with Crippen LogP contribution in [0.4, 0.5) is 4.79 Å². The second-order valence-electron chi connectivity index (χ2n) is 9.77. The minimum atomic E-state index is -1.20. The zero-order valence-corrected chi connectivity index (χ0v) is 21.9. The number of aromatic nitrogens is 1.